The maximum atomic E-state index is 11.3. The van der Waals surface area contributed by atoms with Crippen LogP contribution in [0.3, 0.4) is 0 Å². The minimum Gasteiger partial charge on any atom is -0.380 e. The van der Waals surface area contributed by atoms with Crippen LogP contribution in [0.5, 0.6) is 0 Å². The van der Waals surface area contributed by atoms with Crippen LogP contribution in [0.4, 0.5) is 0 Å². The molecule has 0 aromatic carbocycles. The third-order valence-corrected chi connectivity index (χ3v) is 1.94. The molecule has 1 N–H and O–H groups in total. The van der Waals surface area contributed by atoms with Gasteiger partial charge in [-0.3, -0.25) is 4.79 Å². The number of nitrogens with zero attached hydrogens (tertiary/aromatic N) is 1. The number of amides is 1. The molecule has 5 heteroatoms. The normalized spacial score (nSPS) is 16.6. The van der Waals surface area contributed by atoms with Crippen LogP contribution >= 0.6 is 0 Å². The van der Waals surface area contributed by atoms with Crippen molar-refractivity contribution in [3.8, 4) is 0 Å². The Morgan fingerprint density at radius 2 is 2.54 bits per heavy atom. The van der Waals surface area contributed by atoms with Crippen molar-refractivity contribution in [2.75, 3.05) is 13.2 Å². The number of aromatic nitrogens is 1. The molecule has 0 unspecified atom stereocenters. The zero-order valence-corrected chi connectivity index (χ0v) is 7.03. The zero-order valence-electron chi connectivity index (χ0n) is 7.03. The molecule has 1 aromatic rings. The number of nitrogens with one attached hydrogen (secondary N) is 1. The van der Waals surface area contributed by atoms with Gasteiger partial charge in [-0.25, -0.2) is 0 Å². The summed E-state index contributed by atoms with van der Waals surface area (Å²) in [6, 6.07) is 1.72. The van der Waals surface area contributed by atoms with Crippen LogP contribution in [0, 0.1) is 5.92 Å². The molecule has 0 aliphatic carbocycles. The van der Waals surface area contributed by atoms with Crippen molar-refractivity contribution in [1.82, 2.24) is 10.5 Å². The van der Waals surface area contributed by atoms with Gasteiger partial charge in [0.2, 0.25) is 5.91 Å². The summed E-state index contributed by atoms with van der Waals surface area (Å²) in [6.07, 6.45) is 1.48. The predicted octanol–water partition coefficient (Wildman–Crippen LogP) is -0.0628. The smallest absolute Gasteiger partial charge is 0.228 e. The molecule has 1 saturated heterocycles. The van der Waals surface area contributed by atoms with E-state index in [1.54, 1.807) is 6.07 Å². The van der Waals surface area contributed by atoms with Gasteiger partial charge in [-0.2, -0.15) is 0 Å². The summed E-state index contributed by atoms with van der Waals surface area (Å²) >= 11 is 0. The van der Waals surface area contributed by atoms with Gasteiger partial charge in [0.15, 0.2) is 0 Å². The van der Waals surface area contributed by atoms with Crippen LogP contribution in [0.25, 0.3) is 0 Å². The number of hydrogen-bond acceptors (Lipinski definition) is 4. The Morgan fingerprint density at radius 1 is 1.69 bits per heavy atom. The van der Waals surface area contributed by atoms with E-state index < -0.39 is 0 Å². The van der Waals surface area contributed by atoms with Crippen LogP contribution < -0.4 is 5.32 Å². The molecule has 5 nitrogen and oxygen atoms in total. The van der Waals surface area contributed by atoms with E-state index >= 15 is 0 Å². The number of hydrogen-bond donors (Lipinski definition) is 1. The first-order valence-electron chi connectivity index (χ1n) is 4.11. The fraction of sp³-hybridized carbons (Fsp3) is 0.500. The summed E-state index contributed by atoms with van der Waals surface area (Å²) < 4.78 is 9.52. The largest absolute Gasteiger partial charge is 0.380 e. The summed E-state index contributed by atoms with van der Waals surface area (Å²) in [5, 5.41) is 6.42. The summed E-state index contributed by atoms with van der Waals surface area (Å²) in [5.41, 5.74) is 0.730. The molecule has 0 saturated carbocycles. The molecule has 0 radical (unpaired) electrons. The van der Waals surface area contributed by atoms with Crippen molar-refractivity contribution < 1.29 is 14.1 Å². The zero-order chi connectivity index (χ0) is 9.10. The van der Waals surface area contributed by atoms with E-state index in [-0.39, 0.29) is 11.8 Å². The van der Waals surface area contributed by atoms with Gasteiger partial charge in [-0.05, 0) is 0 Å². The van der Waals surface area contributed by atoms with E-state index in [0.29, 0.717) is 19.8 Å². The molecule has 2 rings (SSSR count). The first-order valence-corrected chi connectivity index (χ1v) is 4.11. The first kappa shape index (κ1) is 8.25. The fourth-order valence-electron chi connectivity index (χ4n) is 1.04. The molecule has 1 aliphatic heterocycles. The van der Waals surface area contributed by atoms with Gasteiger partial charge in [0.1, 0.15) is 12.0 Å². The Bertz CT molecular complexity index is 280. The highest BCUT2D eigenvalue weighted by atomic mass is 16.5. The van der Waals surface area contributed by atoms with Gasteiger partial charge < -0.3 is 14.6 Å². The Hall–Kier alpha value is -1.36. The quantitative estimate of drug-likeness (QED) is 0.711. The lowest BCUT2D eigenvalue weighted by atomic mass is 10.1. The van der Waals surface area contributed by atoms with Crippen LogP contribution in [-0.4, -0.2) is 24.3 Å². The minimum atomic E-state index is 0.0203. The van der Waals surface area contributed by atoms with E-state index in [2.05, 4.69) is 15.0 Å². The molecule has 1 aliphatic rings. The van der Waals surface area contributed by atoms with Crippen LogP contribution in [0.1, 0.15) is 5.69 Å². The highest BCUT2D eigenvalue weighted by Crippen LogP contribution is 2.09. The average Bonchev–Trinajstić information content (AvgIpc) is 2.49. The molecule has 1 aromatic heterocycles. The molecule has 0 spiro atoms. The lowest BCUT2D eigenvalue weighted by Gasteiger charge is -2.24. The van der Waals surface area contributed by atoms with Crippen LogP contribution in [-0.2, 0) is 16.1 Å². The fourth-order valence-corrected chi connectivity index (χ4v) is 1.04. The van der Waals surface area contributed by atoms with E-state index in [1.165, 1.54) is 6.26 Å². The number of carbonyl (C=O) groups is 1. The van der Waals surface area contributed by atoms with E-state index in [9.17, 15) is 4.79 Å². The Balaban J connectivity index is 1.76. The lowest BCUT2D eigenvalue weighted by Crippen LogP contribution is -2.41. The van der Waals surface area contributed by atoms with Gasteiger partial charge in [0, 0.05) is 6.07 Å². The van der Waals surface area contributed by atoms with E-state index in [1.807, 2.05) is 0 Å². The molecule has 13 heavy (non-hydrogen) atoms. The van der Waals surface area contributed by atoms with Gasteiger partial charge in [0.25, 0.3) is 0 Å². The summed E-state index contributed by atoms with van der Waals surface area (Å²) in [4.78, 5) is 11.3. The van der Waals surface area contributed by atoms with Gasteiger partial charge >= 0.3 is 0 Å². The van der Waals surface area contributed by atoms with Crippen molar-refractivity contribution in [2.24, 2.45) is 5.92 Å². The summed E-state index contributed by atoms with van der Waals surface area (Å²) in [7, 11) is 0. The van der Waals surface area contributed by atoms with Gasteiger partial charge in [-0.15, -0.1) is 0 Å². The van der Waals surface area contributed by atoms with Crippen molar-refractivity contribution in [1.29, 1.82) is 0 Å². The molecule has 0 bridgehead atoms. The van der Waals surface area contributed by atoms with E-state index in [0.717, 1.165) is 5.69 Å². The van der Waals surface area contributed by atoms with E-state index in [4.69, 9.17) is 4.74 Å². The molecule has 1 amide bonds. The van der Waals surface area contributed by atoms with Crippen LogP contribution in [0.15, 0.2) is 16.9 Å². The van der Waals surface area contributed by atoms with Crippen LogP contribution in [0.2, 0.25) is 0 Å². The maximum absolute atomic E-state index is 11.3. The van der Waals surface area contributed by atoms with Crippen molar-refractivity contribution >= 4 is 5.91 Å². The third-order valence-electron chi connectivity index (χ3n) is 1.94. The SMILES string of the molecule is O=C(NCc1ccon1)C1COC1. The molecular formula is C8H10N2O3. The molecule has 0 atom stereocenters. The monoisotopic (exact) mass is 182 g/mol. The molecule has 70 valence electrons. The van der Waals surface area contributed by atoms with Crippen molar-refractivity contribution in [2.45, 2.75) is 6.54 Å². The lowest BCUT2D eigenvalue weighted by molar-refractivity contribution is -0.139. The second kappa shape index (κ2) is 3.57. The standard InChI is InChI=1S/C8H10N2O3/c11-8(6-4-12-5-6)9-3-7-1-2-13-10-7/h1-2,6H,3-5H2,(H,9,11). The Labute approximate surface area is 75.0 Å². The van der Waals surface area contributed by atoms with Gasteiger partial charge in [0.05, 0.1) is 25.7 Å². The number of rotatable bonds is 3. The minimum absolute atomic E-state index is 0.0203. The second-order valence-corrected chi connectivity index (χ2v) is 2.94. The number of carbonyl (C=O) groups excluding carboxylic acids is 1. The topological polar surface area (TPSA) is 64.4 Å². The average molecular weight is 182 g/mol. The van der Waals surface area contributed by atoms with Crippen molar-refractivity contribution in [3.05, 3.63) is 18.0 Å². The second-order valence-electron chi connectivity index (χ2n) is 2.94. The number of ether oxygens (including phenoxy) is 1. The Morgan fingerprint density at radius 3 is 3.08 bits per heavy atom. The highest BCUT2D eigenvalue weighted by Gasteiger charge is 2.25. The first-order chi connectivity index (χ1) is 6.36. The molecular weight excluding hydrogens is 172 g/mol. The molecule has 2 heterocycles. The third kappa shape index (κ3) is 1.86. The predicted molar refractivity (Wildman–Crippen MR) is 42.7 cm³/mol. The summed E-state index contributed by atoms with van der Waals surface area (Å²) in [5.74, 6) is 0.0427. The summed E-state index contributed by atoms with van der Waals surface area (Å²) in [6.45, 7) is 1.49. The Kier molecular flexibility index (Phi) is 2.27. The molecule has 1 fully saturated rings. The maximum Gasteiger partial charge on any atom is 0.228 e. The highest BCUT2D eigenvalue weighted by molar-refractivity contribution is 5.79. The van der Waals surface area contributed by atoms with Gasteiger partial charge in [-0.1, -0.05) is 5.16 Å². The van der Waals surface area contributed by atoms with Crippen molar-refractivity contribution in [3.63, 3.8) is 0 Å².